The second-order valence-corrected chi connectivity index (χ2v) is 3.01. The van der Waals surface area contributed by atoms with E-state index in [2.05, 4.69) is 0 Å². The lowest BCUT2D eigenvalue weighted by Gasteiger charge is -2.08. The number of hydrogen-bond donors (Lipinski definition) is 0. The van der Waals surface area contributed by atoms with Gasteiger partial charge in [0.2, 0.25) is 0 Å². The van der Waals surface area contributed by atoms with Crippen LogP contribution >= 0.6 is 0 Å². The fourth-order valence-corrected chi connectivity index (χ4v) is 1.14. The van der Waals surface area contributed by atoms with E-state index in [0.717, 1.165) is 5.56 Å². The van der Waals surface area contributed by atoms with Gasteiger partial charge in [-0.1, -0.05) is 18.2 Å². The molecule has 0 amide bonds. The van der Waals surface area contributed by atoms with Gasteiger partial charge in [-0.25, -0.2) is 4.79 Å². The van der Waals surface area contributed by atoms with Crippen LogP contribution in [0.2, 0.25) is 0 Å². The zero-order valence-electron chi connectivity index (χ0n) is 9.11. The Balaban J connectivity index is 2.79. The molecule has 0 N–H and O–H groups in total. The SMILES string of the molecule is CC=C(OC)C(=O)Oc1ccccc1C. The predicted molar refractivity (Wildman–Crippen MR) is 57.6 cm³/mol. The van der Waals surface area contributed by atoms with Crippen molar-refractivity contribution in [3.05, 3.63) is 41.7 Å². The van der Waals surface area contributed by atoms with E-state index in [1.54, 1.807) is 19.1 Å². The predicted octanol–water partition coefficient (Wildman–Crippen LogP) is 2.45. The first-order valence-electron chi connectivity index (χ1n) is 4.67. The first-order chi connectivity index (χ1) is 7.19. The Kier molecular flexibility index (Phi) is 3.92. The molecule has 0 heterocycles. The monoisotopic (exact) mass is 206 g/mol. The number of methoxy groups -OCH3 is 1. The highest BCUT2D eigenvalue weighted by Gasteiger charge is 2.12. The normalized spacial score (nSPS) is 11.0. The first-order valence-corrected chi connectivity index (χ1v) is 4.67. The number of esters is 1. The summed E-state index contributed by atoms with van der Waals surface area (Å²) in [6.07, 6.45) is 1.57. The molecule has 80 valence electrons. The molecule has 15 heavy (non-hydrogen) atoms. The summed E-state index contributed by atoms with van der Waals surface area (Å²) in [7, 11) is 1.44. The molecule has 0 radical (unpaired) electrons. The van der Waals surface area contributed by atoms with Crippen molar-refractivity contribution in [3.63, 3.8) is 0 Å². The Morgan fingerprint density at radius 2 is 2.00 bits per heavy atom. The maximum Gasteiger partial charge on any atom is 0.378 e. The van der Waals surface area contributed by atoms with E-state index in [0.29, 0.717) is 5.75 Å². The van der Waals surface area contributed by atoms with Crippen molar-refractivity contribution in [2.75, 3.05) is 7.11 Å². The first kappa shape index (κ1) is 11.3. The standard InChI is InChI=1S/C12H14O3/c1-4-10(14-3)12(13)15-11-8-6-5-7-9(11)2/h4-8H,1-3H3. The van der Waals surface area contributed by atoms with Gasteiger partial charge in [-0.15, -0.1) is 0 Å². The van der Waals surface area contributed by atoms with E-state index in [-0.39, 0.29) is 5.76 Å². The van der Waals surface area contributed by atoms with Crippen LogP contribution in [0.4, 0.5) is 0 Å². The van der Waals surface area contributed by atoms with Crippen molar-refractivity contribution >= 4 is 5.97 Å². The molecule has 0 bridgehead atoms. The van der Waals surface area contributed by atoms with Crippen LogP contribution in [-0.4, -0.2) is 13.1 Å². The highest BCUT2D eigenvalue weighted by molar-refractivity contribution is 5.88. The molecule has 0 aromatic heterocycles. The van der Waals surface area contributed by atoms with Gasteiger partial charge >= 0.3 is 5.97 Å². The summed E-state index contributed by atoms with van der Waals surface area (Å²) < 4.78 is 10.0. The molecular formula is C12H14O3. The molecule has 0 aliphatic carbocycles. The van der Waals surface area contributed by atoms with Crippen molar-refractivity contribution in [1.29, 1.82) is 0 Å². The number of ether oxygens (including phenoxy) is 2. The molecule has 0 saturated heterocycles. The molecule has 0 aliphatic rings. The van der Waals surface area contributed by atoms with Gasteiger partial charge in [0.1, 0.15) is 5.75 Å². The van der Waals surface area contributed by atoms with Gasteiger partial charge in [-0.05, 0) is 31.6 Å². The molecular weight excluding hydrogens is 192 g/mol. The highest BCUT2D eigenvalue weighted by Crippen LogP contribution is 2.17. The third kappa shape index (κ3) is 2.84. The smallest absolute Gasteiger partial charge is 0.378 e. The number of carbonyl (C=O) groups is 1. The van der Waals surface area contributed by atoms with Gasteiger partial charge in [0, 0.05) is 0 Å². The Morgan fingerprint density at radius 3 is 2.53 bits per heavy atom. The Bertz CT molecular complexity index is 380. The van der Waals surface area contributed by atoms with Crippen LogP contribution in [0.25, 0.3) is 0 Å². The topological polar surface area (TPSA) is 35.5 Å². The van der Waals surface area contributed by atoms with Crippen LogP contribution in [0.3, 0.4) is 0 Å². The second-order valence-electron chi connectivity index (χ2n) is 3.01. The van der Waals surface area contributed by atoms with Crippen molar-refractivity contribution in [2.45, 2.75) is 13.8 Å². The van der Waals surface area contributed by atoms with E-state index in [9.17, 15) is 4.79 Å². The Morgan fingerprint density at radius 1 is 1.33 bits per heavy atom. The lowest BCUT2D eigenvalue weighted by atomic mass is 10.2. The van der Waals surface area contributed by atoms with Crippen LogP contribution in [-0.2, 0) is 9.53 Å². The fourth-order valence-electron chi connectivity index (χ4n) is 1.14. The number of benzene rings is 1. The molecule has 1 aromatic carbocycles. The van der Waals surface area contributed by atoms with E-state index < -0.39 is 5.97 Å². The highest BCUT2D eigenvalue weighted by atomic mass is 16.6. The minimum Gasteiger partial charge on any atom is -0.490 e. The molecule has 0 fully saturated rings. The average molecular weight is 206 g/mol. The quantitative estimate of drug-likeness (QED) is 0.330. The number of aryl methyl sites for hydroxylation is 1. The molecule has 0 saturated carbocycles. The van der Waals surface area contributed by atoms with Crippen LogP contribution in [0.5, 0.6) is 5.75 Å². The van der Waals surface area contributed by atoms with Gasteiger partial charge in [-0.3, -0.25) is 0 Å². The zero-order chi connectivity index (χ0) is 11.3. The zero-order valence-corrected chi connectivity index (χ0v) is 9.11. The number of allylic oxidation sites excluding steroid dienone is 1. The van der Waals surface area contributed by atoms with Crippen molar-refractivity contribution < 1.29 is 14.3 Å². The maximum absolute atomic E-state index is 11.5. The number of hydrogen-bond acceptors (Lipinski definition) is 3. The largest absolute Gasteiger partial charge is 0.490 e. The van der Waals surface area contributed by atoms with Crippen LogP contribution < -0.4 is 4.74 Å². The lowest BCUT2D eigenvalue weighted by Crippen LogP contribution is -2.12. The molecule has 3 heteroatoms. The van der Waals surface area contributed by atoms with Crippen molar-refractivity contribution in [3.8, 4) is 5.75 Å². The van der Waals surface area contributed by atoms with Gasteiger partial charge in [0.25, 0.3) is 0 Å². The van der Waals surface area contributed by atoms with Gasteiger partial charge in [-0.2, -0.15) is 0 Å². The molecule has 0 unspecified atom stereocenters. The minimum absolute atomic E-state index is 0.207. The Labute approximate surface area is 89.3 Å². The second kappa shape index (κ2) is 5.20. The maximum atomic E-state index is 11.5. The number of carbonyl (C=O) groups excluding carboxylic acids is 1. The fraction of sp³-hybridized carbons (Fsp3) is 0.250. The third-order valence-corrected chi connectivity index (χ3v) is 1.98. The molecule has 0 spiro atoms. The van der Waals surface area contributed by atoms with Crippen LogP contribution in [0.1, 0.15) is 12.5 Å². The average Bonchev–Trinajstić information content (AvgIpc) is 2.23. The summed E-state index contributed by atoms with van der Waals surface area (Å²) in [4.78, 5) is 11.5. The molecule has 1 aromatic rings. The third-order valence-electron chi connectivity index (χ3n) is 1.98. The van der Waals surface area contributed by atoms with Crippen LogP contribution in [0, 0.1) is 6.92 Å². The van der Waals surface area contributed by atoms with E-state index in [1.807, 2.05) is 25.1 Å². The van der Waals surface area contributed by atoms with Gasteiger partial charge in [0.15, 0.2) is 5.76 Å². The number of rotatable bonds is 3. The minimum atomic E-state index is -0.477. The Hall–Kier alpha value is -1.77. The molecule has 3 nitrogen and oxygen atoms in total. The summed E-state index contributed by atoms with van der Waals surface area (Å²) in [5.74, 6) is 0.284. The van der Waals surface area contributed by atoms with Crippen molar-refractivity contribution in [1.82, 2.24) is 0 Å². The van der Waals surface area contributed by atoms with Crippen molar-refractivity contribution in [2.24, 2.45) is 0 Å². The van der Waals surface area contributed by atoms with E-state index in [4.69, 9.17) is 9.47 Å². The summed E-state index contributed by atoms with van der Waals surface area (Å²) in [5, 5.41) is 0. The molecule has 1 rings (SSSR count). The van der Waals surface area contributed by atoms with E-state index >= 15 is 0 Å². The molecule has 0 atom stereocenters. The van der Waals surface area contributed by atoms with Gasteiger partial charge < -0.3 is 9.47 Å². The van der Waals surface area contributed by atoms with Gasteiger partial charge in [0.05, 0.1) is 7.11 Å². The van der Waals surface area contributed by atoms with Crippen LogP contribution in [0.15, 0.2) is 36.1 Å². The summed E-state index contributed by atoms with van der Waals surface area (Å²) in [6, 6.07) is 7.33. The summed E-state index contributed by atoms with van der Waals surface area (Å²) >= 11 is 0. The lowest BCUT2D eigenvalue weighted by molar-refractivity contribution is -0.133. The summed E-state index contributed by atoms with van der Waals surface area (Å²) in [5.41, 5.74) is 0.914. The number of para-hydroxylation sites is 1. The summed E-state index contributed by atoms with van der Waals surface area (Å²) in [6.45, 7) is 3.60. The molecule has 0 aliphatic heterocycles. The van der Waals surface area contributed by atoms with E-state index in [1.165, 1.54) is 7.11 Å².